The summed E-state index contributed by atoms with van der Waals surface area (Å²) in [5.74, 6) is -0.968. The van der Waals surface area contributed by atoms with E-state index >= 15 is 0 Å². The molecule has 0 atom stereocenters. The Labute approximate surface area is 186 Å². The third-order valence-electron chi connectivity index (χ3n) is 4.31. The fourth-order valence-corrected chi connectivity index (χ4v) is 3.35. The second-order valence-corrected chi connectivity index (χ2v) is 7.50. The van der Waals surface area contributed by atoms with Crippen molar-refractivity contribution < 1.29 is 22.3 Å². The van der Waals surface area contributed by atoms with Gasteiger partial charge in [0.15, 0.2) is 5.82 Å². The molecule has 0 aliphatic rings. The Morgan fingerprint density at radius 1 is 1.03 bits per heavy atom. The van der Waals surface area contributed by atoms with E-state index in [2.05, 4.69) is 30.8 Å². The zero-order chi connectivity index (χ0) is 22.9. The van der Waals surface area contributed by atoms with Crippen LogP contribution in [0.15, 0.2) is 81.1 Å². The molecule has 0 saturated carbocycles. The van der Waals surface area contributed by atoms with Gasteiger partial charge in [0, 0.05) is 10.0 Å². The van der Waals surface area contributed by atoms with Gasteiger partial charge in [0.05, 0.1) is 17.1 Å². The maximum atomic E-state index is 13.5. The highest BCUT2D eigenvalue weighted by Gasteiger charge is 2.31. The highest BCUT2D eigenvalue weighted by molar-refractivity contribution is 9.10. The van der Waals surface area contributed by atoms with E-state index < -0.39 is 23.5 Å². The van der Waals surface area contributed by atoms with Crippen molar-refractivity contribution in [3.8, 4) is 17.1 Å². The van der Waals surface area contributed by atoms with Gasteiger partial charge in [-0.25, -0.2) is 9.37 Å². The predicted molar refractivity (Wildman–Crippen MR) is 115 cm³/mol. The molecule has 0 fully saturated rings. The smallest absolute Gasteiger partial charge is 0.406 e. The van der Waals surface area contributed by atoms with Crippen LogP contribution in [0, 0.1) is 5.82 Å². The first-order valence-electron chi connectivity index (χ1n) is 9.08. The van der Waals surface area contributed by atoms with Crippen LogP contribution in [0.3, 0.4) is 0 Å². The van der Waals surface area contributed by atoms with Gasteiger partial charge in [0.1, 0.15) is 11.6 Å². The van der Waals surface area contributed by atoms with Gasteiger partial charge in [-0.3, -0.25) is 4.79 Å². The van der Waals surface area contributed by atoms with Crippen LogP contribution in [0.2, 0.25) is 0 Å². The van der Waals surface area contributed by atoms with E-state index in [-0.39, 0.29) is 16.8 Å². The van der Waals surface area contributed by atoms with Crippen LogP contribution in [0.4, 0.5) is 17.6 Å². The molecule has 0 amide bonds. The Morgan fingerprint density at radius 3 is 2.56 bits per heavy atom. The molecule has 1 heterocycles. The molecule has 0 N–H and O–H groups in total. The van der Waals surface area contributed by atoms with Crippen molar-refractivity contribution in [2.75, 3.05) is 0 Å². The van der Waals surface area contributed by atoms with Crippen molar-refractivity contribution in [1.29, 1.82) is 0 Å². The Bertz CT molecular complexity index is 1400. The zero-order valence-corrected chi connectivity index (χ0v) is 17.6. The topological polar surface area (TPSA) is 56.5 Å². The van der Waals surface area contributed by atoms with Gasteiger partial charge in [-0.1, -0.05) is 40.2 Å². The van der Waals surface area contributed by atoms with Crippen molar-refractivity contribution in [2.45, 2.75) is 6.36 Å². The molecule has 5 nitrogen and oxygen atoms in total. The van der Waals surface area contributed by atoms with Gasteiger partial charge < -0.3 is 4.74 Å². The maximum Gasteiger partial charge on any atom is 0.573 e. The first kappa shape index (κ1) is 21.7. The van der Waals surface area contributed by atoms with Gasteiger partial charge in [-0.05, 0) is 48.0 Å². The monoisotopic (exact) mass is 505 g/mol. The van der Waals surface area contributed by atoms with E-state index in [9.17, 15) is 22.4 Å². The number of rotatable bonds is 4. The molecule has 4 aromatic rings. The highest BCUT2D eigenvalue weighted by atomic mass is 79.9. The first-order chi connectivity index (χ1) is 15.2. The van der Waals surface area contributed by atoms with E-state index in [1.807, 2.05) is 0 Å². The maximum absolute atomic E-state index is 13.5. The minimum Gasteiger partial charge on any atom is -0.406 e. The number of nitrogens with zero attached hydrogens (tertiary/aromatic N) is 3. The minimum absolute atomic E-state index is 0.00917. The van der Waals surface area contributed by atoms with Crippen LogP contribution in [0.1, 0.15) is 5.56 Å². The van der Waals surface area contributed by atoms with Crippen molar-refractivity contribution in [2.24, 2.45) is 5.10 Å². The molecule has 0 spiro atoms. The number of alkyl halides is 3. The van der Waals surface area contributed by atoms with Gasteiger partial charge in [-0.15, -0.1) is 13.2 Å². The molecule has 0 aliphatic carbocycles. The number of hydrogen-bond acceptors (Lipinski definition) is 4. The van der Waals surface area contributed by atoms with E-state index in [1.54, 1.807) is 24.3 Å². The summed E-state index contributed by atoms with van der Waals surface area (Å²) < 4.78 is 57.0. The summed E-state index contributed by atoms with van der Waals surface area (Å²) in [4.78, 5) is 17.6. The van der Waals surface area contributed by atoms with Crippen LogP contribution >= 0.6 is 15.9 Å². The van der Waals surface area contributed by atoms with Crippen LogP contribution in [-0.4, -0.2) is 22.2 Å². The SMILES string of the molecule is O=c1c2cc(Br)ccc2nc(-c2cccc(OC(F)(F)F)c2)n1N=Cc1cccc(F)c1. The fourth-order valence-electron chi connectivity index (χ4n) is 2.99. The summed E-state index contributed by atoms with van der Waals surface area (Å²) >= 11 is 3.30. The lowest BCUT2D eigenvalue weighted by atomic mass is 10.2. The number of benzene rings is 3. The minimum atomic E-state index is -4.88. The second-order valence-electron chi connectivity index (χ2n) is 6.59. The number of halogens is 5. The van der Waals surface area contributed by atoms with Crippen molar-refractivity contribution in [1.82, 2.24) is 9.66 Å². The average Bonchev–Trinajstić information content (AvgIpc) is 2.72. The lowest BCUT2D eigenvalue weighted by molar-refractivity contribution is -0.274. The second kappa shape index (κ2) is 8.54. The van der Waals surface area contributed by atoms with E-state index in [0.29, 0.717) is 15.6 Å². The van der Waals surface area contributed by atoms with Crippen LogP contribution < -0.4 is 10.3 Å². The molecule has 4 rings (SSSR count). The largest absolute Gasteiger partial charge is 0.573 e. The summed E-state index contributed by atoms with van der Waals surface area (Å²) in [6.07, 6.45) is -3.62. The highest BCUT2D eigenvalue weighted by Crippen LogP contribution is 2.28. The number of hydrogen-bond donors (Lipinski definition) is 0. The third kappa shape index (κ3) is 4.86. The normalized spacial score (nSPS) is 11.9. The number of ether oxygens (including phenoxy) is 1. The fraction of sp³-hybridized carbons (Fsp3) is 0.0455. The molecule has 0 unspecified atom stereocenters. The van der Waals surface area contributed by atoms with E-state index in [0.717, 1.165) is 16.8 Å². The van der Waals surface area contributed by atoms with E-state index in [4.69, 9.17) is 0 Å². The molecular weight excluding hydrogens is 494 g/mol. The lowest BCUT2D eigenvalue weighted by Gasteiger charge is -2.12. The predicted octanol–water partition coefficient (Wildman–Crippen LogP) is 5.75. The summed E-state index contributed by atoms with van der Waals surface area (Å²) in [5, 5.41) is 4.39. The lowest BCUT2D eigenvalue weighted by Crippen LogP contribution is -2.20. The Balaban J connectivity index is 1.91. The molecular formula is C22H12BrF4N3O2. The number of fused-ring (bicyclic) bond motifs is 1. The van der Waals surface area contributed by atoms with Gasteiger partial charge in [-0.2, -0.15) is 9.78 Å². The Hall–Kier alpha value is -3.53. The molecule has 1 aromatic heterocycles. The summed E-state index contributed by atoms with van der Waals surface area (Å²) in [6.45, 7) is 0. The summed E-state index contributed by atoms with van der Waals surface area (Å²) in [7, 11) is 0. The van der Waals surface area contributed by atoms with Crippen LogP contribution in [0.25, 0.3) is 22.3 Å². The van der Waals surface area contributed by atoms with Crippen molar-refractivity contribution >= 4 is 33.0 Å². The third-order valence-corrected chi connectivity index (χ3v) is 4.80. The Morgan fingerprint density at radius 2 is 1.81 bits per heavy atom. The number of aromatic nitrogens is 2. The van der Waals surface area contributed by atoms with Gasteiger partial charge in [0.25, 0.3) is 5.56 Å². The average molecular weight is 506 g/mol. The summed E-state index contributed by atoms with van der Waals surface area (Å²) in [5.41, 5.74) is 0.324. The van der Waals surface area contributed by atoms with Crippen LogP contribution in [0.5, 0.6) is 5.75 Å². The van der Waals surface area contributed by atoms with Gasteiger partial charge >= 0.3 is 6.36 Å². The molecule has 0 bridgehead atoms. The molecule has 0 saturated heterocycles. The Kier molecular flexibility index (Phi) is 5.79. The molecule has 0 aliphatic heterocycles. The van der Waals surface area contributed by atoms with Crippen molar-refractivity contribution in [3.63, 3.8) is 0 Å². The molecule has 32 heavy (non-hydrogen) atoms. The molecule has 3 aromatic carbocycles. The molecule has 162 valence electrons. The standard InChI is InChI=1S/C22H12BrF4N3O2/c23-15-7-8-19-18(11-15)21(31)30(28-12-13-3-1-5-16(24)9-13)20(29-19)14-4-2-6-17(10-14)32-22(25,26)27/h1-12H. The van der Waals surface area contributed by atoms with E-state index in [1.165, 1.54) is 36.5 Å². The zero-order valence-electron chi connectivity index (χ0n) is 16.0. The van der Waals surface area contributed by atoms with Crippen LogP contribution in [-0.2, 0) is 0 Å². The van der Waals surface area contributed by atoms with Crippen molar-refractivity contribution in [3.05, 3.63) is 92.9 Å². The molecule has 10 heteroatoms. The van der Waals surface area contributed by atoms with Gasteiger partial charge in [0.2, 0.25) is 0 Å². The first-order valence-corrected chi connectivity index (χ1v) is 9.87. The summed E-state index contributed by atoms with van der Waals surface area (Å²) in [6, 6.07) is 15.4. The molecule has 0 radical (unpaired) electrons. The quantitative estimate of drug-likeness (QED) is 0.262.